The monoisotopic (exact) mass is 541 g/mol. The first-order chi connectivity index (χ1) is 19.4. The molecule has 0 radical (unpaired) electrons. The number of carbonyl (C=O) groups is 2. The summed E-state index contributed by atoms with van der Waals surface area (Å²) in [5.41, 5.74) is 4.75. The quantitative estimate of drug-likeness (QED) is 0.603. The maximum atomic E-state index is 13.7. The summed E-state index contributed by atoms with van der Waals surface area (Å²) in [4.78, 5) is 33.0. The Morgan fingerprint density at radius 1 is 1.10 bits per heavy atom. The topological polar surface area (TPSA) is 99.9 Å². The van der Waals surface area contributed by atoms with Crippen molar-refractivity contribution < 1.29 is 14.7 Å². The molecule has 1 saturated heterocycles. The molecule has 0 bridgehead atoms. The van der Waals surface area contributed by atoms with E-state index in [1.807, 2.05) is 23.1 Å². The van der Waals surface area contributed by atoms with Crippen LogP contribution in [0.4, 0.5) is 5.69 Å². The van der Waals surface area contributed by atoms with E-state index in [0.29, 0.717) is 30.8 Å². The lowest BCUT2D eigenvalue weighted by molar-refractivity contribution is 0.00874. The summed E-state index contributed by atoms with van der Waals surface area (Å²) >= 11 is 0. The molecule has 2 N–H and O–H groups in total. The van der Waals surface area contributed by atoms with Gasteiger partial charge in [-0.25, -0.2) is 0 Å². The normalized spacial score (nSPS) is 23.1. The summed E-state index contributed by atoms with van der Waals surface area (Å²) in [7, 11) is 0. The minimum absolute atomic E-state index is 0.0116. The zero-order valence-electron chi connectivity index (χ0n) is 23.3. The molecule has 40 heavy (non-hydrogen) atoms. The molecule has 3 aliphatic heterocycles. The number of aliphatic hydroxyl groups excluding tert-OH is 1. The number of hydrogen-bond donors (Lipinski definition) is 2. The molecular weight excluding hydrogens is 502 g/mol. The molecule has 2 aromatic carbocycles. The van der Waals surface area contributed by atoms with E-state index in [0.717, 1.165) is 57.4 Å². The zero-order chi connectivity index (χ0) is 27.9. The van der Waals surface area contributed by atoms with Gasteiger partial charge in [-0.3, -0.25) is 9.59 Å². The van der Waals surface area contributed by atoms with Gasteiger partial charge in [-0.05, 0) is 73.8 Å². The van der Waals surface area contributed by atoms with Crippen molar-refractivity contribution in [3.8, 4) is 6.07 Å². The fourth-order valence-corrected chi connectivity index (χ4v) is 7.20. The van der Waals surface area contributed by atoms with Crippen LogP contribution >= 0.6 is 0 Å². The van der Waals surface area contributed by atoms with E-state index in [4.69, 9.17) is 5.26 Å². The molecular formula is C32H39N5O3. The maximum absolute atomic E-state index is 13.7. The van der Waals surface area contributed by atoms with Crippen LogP contribution in [0.15, 0.2) is 42.5 Å². The maximum Gasteiger partial charge on any atom is 0.256 e. The highest BCUT2D eigenvalue weighted by molar-refractivity contribution is 6.03. The predicted octanol–water partition coefficient (Wildman–Crippen LogP) is 3.20. The van der Waals surface area contributed by atoms with Crippen molar-refractivity contribution in [2.24, 2.45) is 11.3 Å². The van der Waals surface area contributed by atoms with E-state index in [-0.39, 0.29) is 35.7 Å². The number of amides is 2. The van der Waals surface area contributed by atoms with Crippen LogP contribution in [0.2, 0.25) is 0 Å². The predicted molar refractivity (Wildman–Crippen MR) is 153 cm³/mol. The van der Waals surface area contributed by atoms with Gasteiger partial charge in [-0.15, -0.1) is 0 Å². The Kier molecular flexibility index (Phi) is 7.28. The van der Waals surface area contributed by atoms with Crippen LogP contribution in [0.3, 0.4) is 0 Å². The second-order valence-corrected chi connectivity index (χ2v) is 12.1. The first-order valence-corrected chi connectivity index (χ1v) is 14.7. The zero-order valence-corrected chi connectivity index (χ0v) is 23.3. The summed E-state index contributed by atoms with van der Waals surface area (Å²) in [6, 6.07) is 16.0. The summed E-state index contributed by atoms with van der Waals surface area (Å²) in [6.45, 7) is 6.36. The van der Waals surface area contributed by atoms with Crippen LogP contribution in [-0.2, 0) is 13.0 Å². The molecule has 210 valence electrons. The Labute approximate surface area is 236 Å². The Hall–Kier alpha value is -3.41. The fraction of sp³-hybridized carbons (Fsp3) is 0.531. The number of fused-ring (bicyclic) bond motifs is 2. The number of β-amino-alcohol motifs (C(OH)–C–C–N with tert-alkyl or cyclic N) is 1. The number of aliphatic hydroxyl groups is 1. The summed E-state index contributed by atoms with van der Waals surface area (Å²) in [6.07, 6.45) is 3.90. The molecule has 3 heterocycles. The molecule has 6 rings (SSSR count). The van der Waals surface area contributed by atoms with Gasteiger partial charge < -0.3 is 25.1 Å². The highest BCUT2D eigenvalue weighted by Crippen LogP contribution is 2.52. The van der Waals surface area contributed by atoms with Gasteiger partial charge in [0.25, 0.3) is 11.8 Å². The van der Waals surface area contributed by atoms with Gasteiger partial charge in [-0.1, -0.05) is 24.3 Å². The molecule has 0 unspecified atom stereocenters. The van der Waals surface area contributed by atoms with Gasteiger partial charge in [0.15, 0.2) is 0 Å². The van der Waals surface area contributed by atoms with Crippen LogP contribution in [-0.4, -0.2) is 78.1 Å². The van der Waals surface area contributed by atoms with Crippen LogP contribution in [0.1, 0.15) is 64.4 Å². The number of rotatable bonds is 5. The summed E-state index contributed by atoms with van der Waals surface area (Å²) in [5.74, 6) is 0.0929. The second-order valence-electron chi connectivity index (χ2n) is 12.1. The molecule has 1 spiro atoms. The van der Waals surface area contributed by atoms with Crippen molar-refractivity contribution in [1.82, 2.24) is 15.1 Å². The molecule has 4 aliphatic rings. The molecule has 8 nitrogen and oxygen atoms in total. The molecule has 2 atom stereocenters. The van der Waals surface area contributed by atoms with Gasteiger partial charge in [-0.2, -0.15) is 5.26 Å². The lowest BCUT2D eigenvalue weighted by atomic mass is 9.58. The number of carbonyl (C=O) groups excluding carboxylic acids is 2. The molecule has 2 fully saturated rings. The first kappa shape index (κ1) is 26.8. The van der Waals surface area contributed by atoms with E-state index >= 15 is 0 Å². The smallest absolute Gasteiger partial charge is 0.256 e. The Balaban J connectivity index is 1.14. The lowest BCUT2D eigenvalue weighted by Gasteiger charge is -2.50. The fourth-order valence-electron chi connectivity index (χ4n) is 7.20. The SMILES string of the molecule is CCN1CCN(C[C@H](O)[C@H]2Cc3ccccc3CN2)C(=O)c2ccc(C(=O)N3CCC4(CC3)CC(C#N)C4)cc21. The molecule has 8 heteroatoms. The van der Waals surface area contributed by atoms with E-state index in [1.54, 1.807) is 17.0 Å². The van der Waals surface area contributed by atoms with Crippen molar-refractivity contribution in [2.45, 2.75) is 57.7 Å². The van der Waals surface area contributed by atoms with E-state index < -0.39 is 6.10 Å². The molecule has 0 aromatic heterocycles. The van der Waals surface area contributed by atoms with Crippen molar-refractivity contribution >= 4 is 17.5 Å². The molecule has 1 saturated carbocycles. The minimum Gasteiger partial charge on any atom is -0.390 e. The number of anilines is 1. The summed E-state index contributed by atoms with van der Waals surface area (Å²) < 4.78 is 0. The molecule has 2 aromatic rings. The van der Waals surface area contributed by atoms with Crippen molar-refractivity contribution in [3.05, 3.63) is 64.7 Å². The van der Waals surface area contributed by atoms with Gasteiger partial charge in [0, 0.05) is 63.3 Å². The Morgan fingerprint density at radius 2 is 1.82 bits per heavy atom. The molecule has 2 amide bonds. The first-order valence-electron chi connectivity index (χ1n) is 14.7. The van der Waals surface area contributed by atoms with Crippen LogP contribution in [0.5, 0.6) is 0 Å². The van der Waals surface area contributed by atoms with Gasteiger partial charge in [0.1, 0.15) is 0 Å². The van der Waals surface area contributed by atoms with Gasteiger partial charge >= 0.3 is 0 Å². The standard InChI is InChI=1S/C32H39N5O3/c1-2-35-13-14-37(21-29(38)27-15-23-5-3-4-6-25(23)20-34-27)31(40)26-8-7-24(16-28(26)35)30(39)36-11-9-32(10-12-36)17-22(18-32)19-33/h3-8,16,22,27,29,34,38H,2,9-15,17-18,20-21H2,1H3/t27-,29+/m1/s1. The number of benzene rings is 2. The Bertz CT molecular complexity index is 1320. The van der Waals surface area contributed by atoms with Crippen molar-refractivity contribution in [3.63, 3.8) is 0 Å². The van der Waals surface area contributed by atoms with Gasteiger partial charge in [0.2, 0.25) is 0 Å². The number of piperidine rings is 1. The number of nitrogens with one attached hydrogen (secondary N) is 1. The number of nitrogens with zero attached hydrogens (tertiary/aromatic N) is 4. The third kappa shape index (κ3) is 4.97. The van der Waals surface area contributed by atoms with Crippen molar-refractivity contribution in [2.75, 3.05) is 44.2 Å². The average Bonchev–Trinajstić information content (AvgIpc) is 3.10. The van der Waals surface area contributed by atoms with E-state index in [9.17, 15) is 14.7 Å². The van der Waals surface area contributed by atoms with Gasteiger partial charge in [0.05, 0.1) is 23.4 Å². The van der Waals surface area contributed by atoms with Crippen LogP contribution in [0.25, 0.3) is 0 Å². The number of nitriles is 1. The highest BCUT2D eigenvalue weighted by atomic mass is 16.3. The summed E-state index contributed by atoms with van der Waals surface area (Å²) in [5, 5.41) is 23.7. The third-order valence-corrected chi connectivity index (χ3v) is 9.76. The largest absolute Gasteiger partial charge is 0.390 e. The van der Waals surface area contributed by atoms with E-state index in [2.05, 4.69) is 35.3 Å². The third-order valence-electron chi connectivity index (χ3n) is 9.76. The van der Waals surface area contributed by atoms with Crippen molar-refractivity contribution in [1.29, 1.82) is 5.26 Å². The highest BCUT2D eigenvalue weighted by Gasteiger charge is 2.46. The van der Waals surface area contributed by atoms with E-state index in [1.165, 1.54) is 11.1 Å². The number of likely N-dealkylation sites (tertiary alicyclic amines) is 1. The average molecular weight is 542 g/mol. The lowest BCUT2D eigenvalue weighted by Crippen LogP contribution is -2.50. The minimum atomic E-state index is -0.684. The second kappa shape index (κ2) is 10.9. The van der Waals surface area contributed by atoms with Crippen LogP contribution < -0.4 is 10.2 Å². The Morgan fingerprint density at radius 3 is 2.55 bits per heavy atom. The number of likely N-dealkylation sites (N-methyl/N-ethyl adjacent to an activating group) is 1. The van der Waals surface area contributed by atoms with Crippen LogP contribution in [0, 0.1) is 22.7 Å². The molecule has 1 aliphatic carbocycles. The number of hydrogen-bond acceptors (Lipinski definition) is 6.